The van der Waals surface area contributed by atoms with E-state index in [0.717, 1.165) is 36.1 Å². The first-order valence-electron chi connectivity index (χ1n) is 9.93. The zero-order valence-electron chi connectivity index (χ0n) is 16.4. The zero-order valence-corrected chi connectivity index (χ0v) is 16.4. The fourth-order valence-electron chi connectivity index (χ4n) is 3.60. The number of nitrogens with zero attached hydrogens (tertiary/aromatic N) is 2. The minimum absolute atomic E-state index is 0.298. The van der Waals surface area contributed by atoms with Gasteiger partial charge in [0, 0.05) is 26.7 Å². The Balaban J connectivity index is 1.24. The number of ether oxygens (including phenoxy) is 2. The quantitative estimate of drug-likeness (QED) is 0.596. The van der Waals surface area contributed by atoms with Crippen LogP contribution in [-0.4, -0.2) is 37.8 Å². The summed E-state index contributed by atoms with van der Waals surface area (Å²) in [7, 11) is 1.79. The average Bonchev–Trinajstić information content (AvgIpc) is 3.40. The first-order chi connectivity index (χ1) is 13.8. The molecule has 0 aliphatic carbocycles. The van der Waals surface area contributed by atoms with E-state index in [-0.39, 0.29) is 0 Å². The molecule has 28 heavy (non-hydrogen) atoms. The highest BCUT2D eigenvalue weighted by atomic mass is 16.7. The van der Waals surface area contributed by atoms with Gasteiger partial charge < -0.3 is 20.1 Å². The van der Waals surface area contributed by atoms with E-state index in [1.54, 1.807) is 7.05 Å². The molecule has 1 saturated heterocycles. The smallest absolute Gasteiger partial charge is 0.231 e. The normalized spacial score (nSPS) is 16.4. The number of hydrogen-bond acceptors (Lipinski definition) is 4. The Bertz CT molecular complexity index is 814. The molecule has 4 rings (SSSR count). The Morgan fingerprint density at radius 1 is 0.893 bits per heavy atom. The molecule has 0 atom stereocenters. The van der Waals surface area contributed by atoms with Gasteiger partial charge in [0.05, 0.1) is 0 Å². The van der Waals surface area contributed by atoms with Gasteiger partial charge in [0.1, 0.15) is 0 Å². The molecule has 1 fully saturated rings. The van der Waals surface area contributed by atoms with Gasteiger partial charge in [-0.25, -0.2) is 0 Å². The van der Waals surface area contributed by atoms with Crippen molar-refractivity contribution in [3.63, 3.8) is 0 Å². The third-order valence-corrected chi connectivity index (χ3v) is 5.21. The molecular formula is C22H28N4O2. The van der Waals surface area contributed by atoms with Gasteiger partial charge in [-0.15, -0.1) is 0 Å². The monoisotopic (exact) mass is 380 g/mol. The minimum Gasteiger partial charge on any atom is -0.454 e. The summed E-state index contributed by atoms with van der Waals surface area (Å²) in [5, 5.41) is 6.72. The molecule has 148 valence electrons. The molecule has 2 aromatic carbocycles. The third-order valence-electron chi connectivity index (χ3n) is 5.21. The van der Waals surface area contributed by atoms with Gasteiger partial charge in [-0.1, -0.05) is 30.3 Å². The summed E-state index contributed by atoms with van der Waals surface area (Å²) < 4.78 is 10.8. The van der Waals surface area contributed by atoms with Crippen LogP contribution in [0.15, 0.2) is 47.5 Å². The molecule has 2 aliphatic heterocycles. The van der Waals surface area contributed by atoms with Gasteiger partial charge in [0.2, 0.25) is 6.79 Å². The number of hydrogen-bond donors (Lipinski definition) is 2. The summed E-state index contributed by atoms with van der Waals surface area (Å²) >= 11 is 0. The van der Waals surface area contributed by atoms with Gasteiger partial charge in [-0.2, -0.15) is 0 Å². The van der Waals surface area contributed by atoms with E-state index in [9.17, 15) is 0 Å². The molecule has 0 spiro atoms. The van der Waals surface area contributed by atoms with Crippen molar-refractivity contribution < 1.29 is 9.47 Å². The zero-order chi connectivity index (χ0) is 19.2. The molecule has 2 aromatic rings. The second kappa shape index (κ2) is 8.97. The Hall–Kier alpha value is -2.73. The van der Waals surface area contributed by atoms with Gasteiger partial charge in [-0.3, -0.25) is 9.89 Å². The van der Waals surface area contributed by atoms with Crippen molar-refractivity contribution in [1.82, 2.24) is 15.5 Å². The van der Waals surface area contributed by atoms with E-state index < -0.39 is 0 Å². The van der Waals surface area contributed by atoms with E-state index in [1.165, 1.54) is 37.1 Å². The van der Waals surface area contributed by atoms with Crippen molar-refractivity contribution in [2.75, 3.05) is 26.9 Å². The van der Waals surface area contributed by atoms with E-state index >= 15 is 0 Å². The lowest BCUT2D eigenvalue weighted by atomic mass is 10.1. The molecule has 2 heterocycles. The van der Waals surface area contributed by atoms with E-state index in [0.29, 0.717) is 13.3 Å². The number of nitrogens with one attached hydrogen (secondary N) is 2. The van der Waals surface area contributed by atoms with Crippen molar-refractivity contribution in [1.29, 1.82) is 0 Å². The number of benzene rings is 2. The lowest BCUT2D eigenvalue weighted by Gasteiger charge is -2.15. The van der Waals surface area contributed by atoms with Crippen molar-refractivity contribution in [3.8, 4) is 11.5 Å². The number of guanidine groups is 1. The molecule has 0 bridgehead atoms. The van der Waals surface area contributed by atoms with E-state index in [2.05, 4.69) is 44.8 Å². The summed E-state index contributed by atoms with van der Waals surface area (Å²) in [4.78, 5) is 6.83. The molecule has 0 unspecified atom stereocenters. The predicted molar refractivity (Wildman–Crippen MR) is 111 cm³/mol. The van der Waals surface area contributed by atoms with Gasteiger partial charge in [-0.05, 0) is 54.8 Å². The van der Waals surface area contributed by atoms with Gasteiger partial charge in [0.25, 0.3) is 0 Å². The SMILES string of the molecule is CN=C(NCc1ccc(CN2CCCC2)cc1)NCc1ccc2c(c1)OCO2. The summed E-state index contributed by atoms with van der Waals surface area (Å²) in [5.41, 5.74) is 3.76. The Labute approximate surface area is 166 Å². The van der Waals surface area contributed by atoms with Crippen LogP contribution in [0.25, 0.3) is 0 Å². The van der Waals surface area contributed by atoms with Crippen molar-refractivity contribution in [2.45, 2.75) is 32.5 Å². The fourth-order valence-corrected chi connectivity index (χ4v) is 3.60. The lowest BCUT2D eigenvalue weighted by molar-refractivity contribution is 0.174. The molecule has 0 amide bonds. The molecule has 0 radical (unpaired) electrons. The predicted octanol–water partition coefficient (Wildman–Crippen LogP) is 2.88. The third kappa shape index (κ3) is 4.75. The minimum atomic E-state index is 0.298. The molecular weight excluding hydrogens is 352 g/mol. The van der Waals surface area contributed by atoms with Crippen LogP contribution in [0.1, 0.15) is 29.5 Å². The maximum atomic E-state index is 5.43. The maximum Gasteiger partial charge on any atom is 0.231 e. The van der Waals surface area contributed by atoms with E-state index in [1.807, 2.05) is 18.2 Å². The maximum absolute atomic E-state index is 5.43. The largest absolute Gasteiger partial charge is 0.454 e. The standard InChI is InChI=1S/C22H28N4O2/c1-23-22(25-14-19-8-9-20-21(12-19)28-16-27-20)24-13-17-4-6-18(7-5-17)15-26-10-2-3-11-26/h4-9,12H,2-3,10-11,13-16H2,1H3,(H2,23,24,25). The highest BCUT2D eigenvalue weighted by molar-refractivity contribution is 5.79. The highest BCUT2D eigenvalue weighted by Gasteiger charge is 2.13. The van der Waals surface area contributed by atoms with Crippen LogP contribution in [0.3, 0.4) is 0 Å². The number of fused-ring (bicyclic) bond motifs is 1. The van der Waals surface area contributed by atoms with Crippen molar-refractivity contribution >= 4 is 5.96 Å². The summed E-state index contributed by atoms with van der Waals surface area (Å²) in [5.74, 6) is 2.38. The second-order valence-corrected chi connectivity index (χ2v) is 7.27. The number of likely N-dealkylation sites (tertiary alicyclic amines) is 1. The first-order valence-corrected chi connectivity index (χ1v) is 9.93. The van der Waals surface area contributed by atoms with Crippen molar-refractivity contribution in [3.05, 3.63) is 59.2 Å². The van der Waals surface area contributed by atoms with E-state index in [4.69, 9.17) is 9.47 Å². The molecule has 6 heteroatoms. The summed E-state index contributed by atoms with van der Waals surface area (Å²) in [6.45, 7) is 5.23. The fraction of sp³-hybridized carbons (Fsp3) is 0.409. The van der Waals surface area contributed by atoms with Crippen LogP contribution < -0.4 is 20.1 Å². The second-order valence-electron chi connectivity index (χ2n) is 7.27. The Kier molecular flexibility index (Phi) is 5.97. The topological polar surface area (TPSA) is 58.1 Å². The number of aliphatic imine (C=N–C) groups is 1. The molecule has 0 saturated carbocycles. The van der Waals surface area contributed by atoms with Crippen LogP contribution in [0, 0.1) is 0 Å². The van der Waals surface area contributed by atoms with Crippen LogP contribution >= 0.6 is 0 Å². The lowest BCUT2D eigenvalue weighted by Crippen LogP contribution is -2.36. The Morgan fingerprint density at radius 3 is 2.29 bits per heavy atom. The Morgan fingerprint density at radius 2 is 1.54 bits per heavy atom. The van der Waals surface area contributed by atoms with Crippen LogP contribution in [0.2, 0.25) is 0 Å². The summed E-state index contributed by atoms with van der Waals surface area (Å²) in [6.07, 6.45) is 2.67. The first kappa shape index (κ1) is 18.6. The molecule has 2 aliphatic rings. The highest BCUT2D eigenvalue weighted by Crippen LogP contribution is 2.32. The van der Waals surface area contributed by atoms with Crippen LogP contribution in [0.5, 0.6) is 11.5 Å². The number of rotatable bonds is 6. The summed E-state index contributed by atoms with van der Waals surface area (Å²) in [6, 6.07) is 14.8. The molecule has 2 N–H and O–H groups in total. The molecule has 0 aromatic heterocycles. The van der Waals surface area contributed by atoms with Crippen LogP contribution in [0.4, 0.5) is 0 Å². The average molecular weight is 380 g/mol. The van der Waals surface area contributed by atoms with Gasteiger partial charge >= 0.3 is 0 Å². The molecule has 6 nitrogen and oxygen atoms in total. The van der Waals surface area contributed by atoms with Gasteiger partial charge in [0.15, 0.2) is 17.5 Å². The van der Waals surface area contributed by atoms with Crippen molar-refractivity contribution in [2.24, 2.45) is 4.99 Å². The van der Waals surface area contributed by atoms with Crippen LogP contribution in [-0.2, 0) is 19.6 Å².